The SMILES string of the molecule is Bc1cnn2c1CC=C(C1CCCN(C3C[C@@H]4CC45C[C@H]35)C1)C=C2NCc1cccnc1. The highest BCUT2D eigenvalue weighted by Crippen LogP contribution is 2.82. The molecule has 6 heteroatoms. The van der Waals surface area contributed by atoms with Gasteiger partial charge in [-0.1, -0.05) is 12.1 Å². The number of aromatic nitrogens is 3. The van der Waals surface area contributed by atoms with Crippen molar-refractivity contribution in [1.29, 1.82) is 0 Å². The molecule has 4 fully saturated rings. The molecule has 7 rings (SSSR count). The van der Waals surface area contributed by atoms with Gasteiger partial charge in [0.1, 0.15) is 13.7 Å². The maximum Gasteiger partial charge on any atom is 0.143 e. The van der Waals surface area contributed by atoms with Crippen LogP contribution in [0.1, 0.15) is 43.4 Å². The molecule has 164 valence electrons. The van der Waals surface area contributed by atoms with E-state index in [-0.39, 0.29) is 0 Å². The first-order chi connectivity index (χ1) is 15.7. The summed E-state index contributed by atoms with van der Waals surface area (Å²) in [6, 6.07) is 5.01. The molecule has 1 saturated heterocycles. The number of nitrogens with zero attached hydrogens (tertiary/aromatic N) is 4. The topological polar surface area (TPSA) is 46.0 Å². The maximum atomic E-state index is 4.72. The number of piperidine rings is 1. The van der Waals surface area contributed by atoms with Gasteiger partial charge in [-0.25, -0.2) is 4.68 Å². The molecule has 0 amide bonds. The molecule has 5 nitrogen and oxygen atoms in total. The number of hydrogen-bond donors (Lipinski definition) is 1. The molecule has 32 heavy (non-hydrogen) atoms. The van der Waals surface area contributed by atoms with Gasteiger partial charge in [-0.15, -0.1) is 0 Å². The molecule has 2 aromatic heterocycles. The monoisotopic (exact) mass is 425 g/mol. The third kappa shape index (κ3) is 3.02. The summed E-state index contributed by atoms with van der Waals surface area (Å²) in [6.45, 7) is 3.31. The van der Waals surface area contributed by atoms with Crippen LogP contribution in [0.15, 0.2) is 48.4 Å². The van der Waals surface area contributed by atoms with E-state index in [0.717, 1.165) is 42.1 Å². The van der Waals surface area contributed by atoms with Crippen LogP contribution >= 0.6 is 0 Å². The smallest absolute Gasteiger partial charge is 0.143 e. The van der Waals surface area contributed by atoms with Crippen LogP contribution in [0.2, 0.25) is 0 Å². The highest BCUT2D eigenvalue weighted by atomic mass is 15.3. The Morgan fingerprint density at radius 3 is 3.03 bits per heavy atom. The first kappa shape index (κ1) is 19.2. The second-order valence-electron chi connectivity index (χ2n) is 10.9. The van der Waals surface area contributed by atoms with Crippen LogP contribution in [0.5, 0.6) is 0 Å². The molecule has 5 atom stereocenters. The van der Waals surface area contributed by atoms with Crippen LogP contribution in [0.3, 0.4) is 0 Å². The Kier molecular flexibility index (Phi) is 4.24. The summed E-state index contributed by atoms with van der Waals surface area (Å²) in [4.78, 5) is 7.15. The quantitative estimate of drug-likeness (QED) is 0.746. The van der Waals surface area contributed by atoms with Crippen LogP contribution < -0.4 is 10.8 Å². The molecule has 5 aliphatic rings. The van der Waals surface area contributed by atoms with E-state index >= 15 is 0 Å². The third-order valence-corrected chi connectivity index (χ3v) is 9.18. The van der Waals surface area contributed by atoms with Crippen molar-refractivity contribution in [2.45, 2.75) is 51.1 Å². The summed E-state index contributed by atoms with van der Waals surface area (Å²) in [7, 11) is 2.18. The van der Waals surface area contributed by atoms with Gasteiger partial charge in [0, 0.05) is 49.8 Å². The van der Waals surface area contributed by atoms with E-state index in [9.17, 15) is 0 Å². The number of nitrogens with one attached hydrogen (secondary N) is 1. The van der Waals surface area contributed by atoms with Crippen molar-refractivity contribution in [3.05, 3.63) is 59.7 Å². The van der Waals surface area contributed by atoms with E-state index in [1.807, 2.05) is 24.7 Å². The van der Waals surface area contributed by atoms with Gasteiger partial charge in [-0.2, -0.15) is 5.10 Å². The predicted molar refractivity (Wildman–Crippen MR) is 129 cm³/mol. The summed E-state index contributed by atoms with van der Waals surface area (Å²) in [6.07, 6.45) is 18.8. The molecule has 4 heterocycles. The van der Waals surface area contributed by atoms with E-state index in [1.54, 1.807) is 6.42 Å². The highest BCUT2D eigenvalue weighted by molar-refractivity contribution is 6.33. The Hall–Kier alpha value is -2.34. The van der Waals surface area contributed by atoms with E-state index in [0.29, 0.717) is 5.92 Å². The predicted octanol–water partition coefficient (Wildman–Crippen LogP) is 2.12. The zero-order chi connectivity index (χ0) is 21.3. The van der Waals surface area contributed by atoms with Gasteiger partial charge in [-0.3, -0.25) is 9.88 Å². The number of rotatable bonds is 5. The van der Waals surface area contributed by atoms with E-state index in [4.69, 9.17) is 5.10 Å². The largest absolute Gasteiger partial charge is 0.366 e. The summed E-state index contributed by atoms with van der Waals surface area (Å²) in [5, 5.41) is 8.40. The van der Waals surface area contributed by atoms with Gasteiger partial charge in [-0.05, 0) is 90.6 Å². The number of pyridine rings is 1. The lowest BCUT2D eigenvalue weighted by Gasteiger charge is -2.38. The number of allylic oxidation sites excluding steroid dienone is 2. The van der Waals surface area contributed by atoms with Crippen LogP contribution in [0.4, 0.5) is 0 Å². The van der Waals surface area contributed by atoms with Gasteiger partial charge < -0.3 is 5.32 Å². The molecule has 1 spiro atoms. The van der Waals surface area contributed by atoms with Crippen molar-refractivity contribution >= 4 is 19.1 Å². The first-order valence-electron chi connectivity index (χ1n) is 12.5. The van der Waals surface area contributed by atoms with Crippen molar-refractivity contribution < 1.29 is 0 Å². The summed E-state index contributed by atoms with van der Waals surface area (Å²) >= 11 is 0. The Morgan fingerprint density at radius 2 is 2.22 bits per heavy atom. The molecule has 3 saturated carbocycles. The van der Waals surface area contributed by atoms with E-state index < -0.39 is 0 Å². The van der Waals surface area contributed by atoms with Crippen LogP contribution in [-0.2, 0) is 13.0 Å². The number of likely N-dealkylation sites (tertiary alicyclic amines) is 1. The van der Waals surface area contributed by atoms with E-state index in [1.165, 1.54) is 61.1 Å². The molecule has 0 aromatic carbocycles. The molecular weight excluding hydrogens is 393 g/mol. The molecular formula is C26H32BN5. The lowest BCUT2D eigenvalue weighted by Crippen LogP contribution is -2.43. The third-order valence-electron chi connectivity index (χ3n) is 9.18. The number of hydrogen-bond acceptors (Lipinski definition) is 4. The fraction of sp³-hybridized carbons (Fsp3) is 0.538. The normalized spacial score (nSPS) is 35.1. The lowest BCUT2D eigenvalue weighted by atomic mass is 9.87. The van der Waals surface area contributed by atoms with Gasteiger partial charge >= 0.3 is 0 Å². The maximum absolute atomic E-state index is 4.72. The van der Waals surface area contributed by atoms with Crippen molar-refractivity contribution in [2.75, 3.05) is 13.1 Å². The molecule has 2 aromatic rings. The zero-order valence-electron chi connectivity index (χ0n) is 19.0. The molecule has 0 radical (unpaired) electrons. The second kappa shape index (κ2) is 7.08. The van der Waals surface area contributed by atoms with Crippen molar-refractivity contribution in [1.82, 2.24) is 25.0 Å². The Morgan fingerprint density at radius 1 is 1.25 bits per heavy atom. The molecule has 1 N–H and O–H groups in total. The molecule has 2 aliphatic heterocycles. The molecule has 3 unspecified atom stereocenters. The Labute approximate surface area is 191 Å². The van der Waals surface area contributed by atoms with Gasteiger partial charge in [0.15, 0.2) is 0 Å². The minimum Gasteiger partial charge on any atom is -0.366 e. The second-order valence-corrected chi connectivity index (χ2v) is 10.9. The standard InChI is InChI=1S/C26H32BN5/c27-22-15-30-32-23(22)6-5-18(9-25(32)29-14-17-3-1-7-28-13-17)19-4-2-8-31(16-19)24-10-20-11-26(20)12-21(24)26/h1,3,5,7,9,13,15,19-21,24,29H,2,4,6,8,10-12,14,16,27H2/t19?,20-,21-,24?,26?/m1/s1. The van der Waals surface area contributed by atoms with E-state index in [2.05, 4.69) is 45.9 Å². The summed E-state index contributed by atoms with van der Waals surface area (Å²) < 4.78 is 2.12. The average Bonchev–Trinajstić information content (AvgIpc) is 3.69. The van der Waals surface area contributed by atoms with Crippen LogP contribution in [0, 0.1) is 23.2 Å². The van der Waals surface area contributed by atoms with Crippen LogP contribution in [-0.4, -0.2) is 46.6 Å². The first-order valence-corrected chi connectivity index (χ1v) is 12.5. The van der Waals surface area contributed by atoms with Gasteiger partial charge in [0.2, 0.25) is 0 Å². The Bertz CT molecular complexity index is 1100. The highest BCUT2D eigenvalue weighted by Gasteiger charge is 2.77. The summed E-state index contributed by atoms with van der Waals surface area (Å²) in [5.41, 5.74) is 6.10. The fourth-order valence-electron chi connectivity index (χ4n) is 7.24. The zero-order valence-corrected chi connectivity index (χ0v) is 19.0. The minimum absolute atomic E-state index is 0.635. The van der Waals surface area contributed by atoms with Gasteiger partial charge in [0.05, 0.1) is 0 Å². The number of fused-ring (bicyclic) bond motifs is 1. The minimum atomic E-state index is 0.635. The molecule has 3 aliphatic carbocycles. The fourth-order valence-corrected chi connectivity index (χ4v) is 7.24. The molecule has 0 bridgehead atoms. The van der Waals surface area contributed by atoms with Crippen molar-refractivity contribution in [3.63, 3.8) is 0 Å². The average molecular weight is 425 g/mol. The van der Waals surface area contributed by atoms with Crippen LogP contribution in [0.25, 0.3) is 5.82 Å². The van der Waals surface area contributed by atoms with Crippen molar-refractivity contribution in [3.8, 4) is 0 Å². The van der Waals surface area contributed by atoms with Gasteiger partial charge in [0.25, 0.3) is 0 Å². The van der Waals surface area contributed by atoms with Crippen molar-refractivity contribution in [2.24, 2.45) is 23.2 Å². The Balaban J connectivity index is 1.13. The lowest BCUT2D eigenvalue weighted by molar-refractivity contribution is 0.119. The summed E-state index contributed by atoms with van der Waals surface area (Å²) in [5.74, 6) is 3.85.